The fourth-order valence-corrected chi connectivity index (χ4v) is 4.60. The summed E-state index contributed by atoms with van der Waals surface area (Å²) >= 11 is 0. The van der Waals surface area contributed by atoms with Gasteiger partial charge in [0.2, 0.25) is 21.8 Å². The number of anilines is 1. The Bertz CT molecular complexity index is 1140. The predicted molar refractivity (Wildman–Crippen MR) is 117 cm³/mol. The van der Waals surface area contributed by atoms with Gasteiger partial charge in [0.15, 0.2) is 0 Å². The monoisotopic (exact) mass is 443 g/mol. The maximum absolute atomic E-state index is 12.8. The van der Waals surface area contributed by atoms with Crippen LogP contribution in [0.3, 0.4) is 0 Å². The van der Waals surface area contributed by atoms with E-state index < -0.39 is 10.0 Å². The lowest BCUT2D eigenvalue weighted by atomic mass is 10.2. The van der Waals surface area contributed by atoms with Crippen LogP contribution in [-0.2, 0) is 21.2 Å². The van der Waals surface area contributed by atoms with Crippen molar-refractivity contribution in [3.05, 3.63) is 60.5 Å². The minimum Gasteiger partial charge on any atom is -0.495 e. The van der Waals surface area contributed by atoms with Gasteiger partial charge >= 0.3 is 0 Å². The van der Waals surface area contributed by atoms with Gasteiger partial charge in [-0.05, 0) is 30.3 Å². The summed E-state index contributed by atoms with van der Waals surface area (Å²) in [6.45, 7) is 4.24. The van der Waals surface area contributed by atoms with E-state index in [9.17, 15) is 13.2 Å². The topological polar surface area (TPSA) is 102 Å². The van der Waals surface area contributed by atoms with Crippen molar-refractivity contribution < 1.29 is 22.4 Å². The zero-order chi connectivity index (χ0) is 22.4. The molecular weight excluding hydrogens is 418 g/mol. The minimum absolute atomic E-state index is 0.0352. The highest BCUT2D eigenvalue weighted by molar-refractivity contribution is 7.89. The fourth-order valence-electron chi connectivity index (χ4n) is 3.12. The van der Waals surface area contributed by atoms with Gasteiger partial charge < -0.3 is 14.5 Å². The van der Waals surface area contributed by atoms with E-state index in [2.05, 4.69) is 10.3 Å². The highest BCUT2D eigenvalue weighted by Crippen LogP contribution is 2.29. The lowest BCUT2D eigenvalue weighted by molar-refractivity contribution is -0.115. The number of methoxy groups -OCH3 is 1. The summed E-state index contributed by atoms with van der Waals surface area (Å²) in [6, 6.07) is 13.8. The van der Waals surface area contributed by atoms with E-state index in [0.717, 1.165) is 5.56 Å². The summed E-state index contributed by atoms with van der Waals surface area (Å²) in [5, 5.41) is 2.72. The normalized spacial score (nSPS) is 11.5. The van der Waals surface area contributed by atoms with E-state index in [0.29, 0.717) is 30.4 Å². The molecule has 0 saturated heterocycles. The van der Waals surface area contributed by atoms with Crippen LogP contribution in [0.1, 0.15) is 19.5 Å². The van der Waals surface area contributed by atoms with E-state index in [-0.39, 0.29) is 22.9 Å². The van der Waals surface area contributed by atoms with Gasteiger partial charge in [-0.15, -0.1) is 0 Å². The molecule has 0 radical (unpaired) electrons. The number of rotatable bonds is 9. The van der Waals surface area contributed by atoms with Crippen LogP contribution in [0.2, 0.25) is 0 Å². The molecule has 0 bridgehead atoms. The number of oxazole rings is 1. The molecule has 0 spiro atoms. The van der Waals surface area contributed by atoms with Crippen LogP contribution in [0.4, 0.5) is 5.69 Å². The Labute approximate surface area is 181 Å². The van der Waals surface area contributed by atoms with Crippen molar-refractivity contribution in [3.8, 4) is 17.2 Å². The Morgan fingerprint density at radius 3 is 2.48 bits per heavy atom. The van der Waals surface area contributed by atoms with Crippen molar-refractivity contribution >= 4 is 21.6 Å². The molecule has 1 heterocycles. The third-order valence-electron chi connectivity index (χ3n) is 4.70. The number of hydrogen-bond acceptors (Lipinski definition) is 6. The van der Waals surface area contributed by atoms with E-state index in [1.165, 1.54) is 35.9 Å². The third kappa shape index (κ3) is 5.12. The number of amides is 1. The number of nitrogens with zero attached hydrogens (tertiary/aromatic N) is 2. The van der Waals surface area contributed by atoms with Crippen LogP contribution in [0.15, 0.2) is 64.1 Å². The highest BCUT2D eigenvalue weighted by atomic mass is 32.2. The first-order valence-electron chi connectivity index (χ1n) is 9.86. The molecule has 164 valence electrons. The molecule has 0 aliphatic rings. The molecule has 0 atom stereocenters. The van der Waals surface area contributed by atoms with Crippen molar-refractivity contribution in [1.82, 2.24) is 9.29 Å². The molecular formula is C22H25N3O5S. The second kappa shape index (κ2) is 9.76. The third-order valence-corrected chi connectivity index (χ3v) is 6.75. The molecule has 9 heteroatoms. The largest absolute Gasteiger partial charge is 0.495 e. The maximum Gasteiger partial charge on any atom is 0.243 e. The minimum atomic E-state index is -3.67. The highest BCUT2D eigenvalue weighted by Gasteiger charge is 2.23. The van der Waals surface area contributed by atoms with Gasteiger partial charge in [-0.2, -0.15) is 4.31 Å². The number of ether oxygens (including phenoxy) is 1. The number of aromatic nitrogens is 1. The van der Waals surface area contributed by atoms with Crippen LogP contribution in [0.25, 0.3) is 11.5 Å². The van der Waals surface area contributed by atoms with Crippen LogP contribution in [-0.4, -0.2) is 43.8 Å². The van der Waals surface area contributed by atoms with Crippen LogP contribution in [0.5, 0.6) is 5.75 Å². The molecule has 0 unspecified atom stereocenters. The summed E-state index contributed by atoms with van der Waals surface area (Å²) in [6.07, 6.45) is 1.40. The number of sulfonamides is 1. The number of carbonyl (C=O) groups excluding carboxylic acids is 1. The molecule has 1 N–H and O–H groups in total. The molecule has 0 fully saturated rings. The Morgan fingerprint density at radius 1 is 1.13 bits per heavy atom. The summed E-state index contributed by atoms with van der Waals surface area (Å²) < 4.78 is 37.7. The van der Waals surface area contributed by atoms with Crippen molar-refractivity contribution in [2.24, 2.45) is 0 Å². The second-order valence-corrected chi connectivity index (χ2v) is 8.62. The first-order valence-corrected chi connectivity index (χ1v) is 11.3. The van der Waals surface area contributed by atoms with Crippen LogP contribution < -0.4 is 10.1 Å². The lowest BCUT2D eigenvalue weighted by Gasteiger charge is -2.19. The van der Waals surface area contributed by atoms with Gasteiger partial charge in [0, 0.05) is 18.7 Å². The first kappa shape index (κ1) is 22.5. The van der Waals surface area contributed by atoms with Gasteiger partial charge in [-0.25, -0.2) is 13.4 Å². The predicted octanol–water partition coefficient (Wildman–Crippen LogP) is 3.56. The van der Waals surface area contributed by atoms with Gasteiger partial charge in [0.1, 0.15) is 12.0 Å². The van der Waals surface area contributed by atoms with Gasteiger partial charge in [0.25, 0.3) is 0 Å². The average molecular weight is 444 g/mol. The lowest BCUT2D eigenvalue weighted by Crippen LogP contribution is -2.30. The number of carbonyl (C=O) groups is 1. The van der Waals surface area contributed by atoms with E-state index in [1.807, 2.05) is 30.3 Å². The van der Waals surface area contributed by atoms with E-state index >= 15 is 0 Å². The van der Waals surface area contributed by atoms with Crippen molar-refractivity contribution in [1.29, 1.82) is 0 Å². The van der Waals surface area contributed by atoms with E-state index in [1.54, 1.807) is 13.8 Å². The zero-order valence-electron chi connectivity index (χ0n) is 17.7. The molecule has 1 aromatic heterocycles. The summed E-state index contributed by atoms with van der Waals surface area (Å²) in [7, 11) is -2.22. The molecule has 3 aromatic rings. The molecule has 0 aliphatic carbocycles. The summed E-state index contributed by atoms with van der Waals surface area (Å²) in [5.41, 5.74) is 1.54. The molecule has 0 aliphatic heterocycles. The smallest absolute Gasteiger partial charge is 0.243 e. The Morgan fingerprint density at radius 2 is 1.84 bits per heavy atom. The Hall–Kier alpha value is -3.17. The first-order chi connectivity index (χ1) is 14.9. The van der Waals surface area contributed by atoms with E-state index in [4.69, 9.17) is 9.15 Å². The molecule has 8 nitrogen and oxygen atoms in total. The standard InChI is InChI=1S/C22H25N3O5S/c1-4-25(5-2)31(27,28)18-11-12-20(29-3)19(14-18)24-21(26)13-17-15-30-22(23-17)16-9-7-6-8-10-16/h6-12,14-15H,4-5,13H2,1-3H3,(H,24,26). The van der Waals surface area contributed by atoms with Gasteiger partial charge in [0.05, 0.1) is 29.8 Å². The van der Waals surface area contributed by atoms with Gasteiger partial charge in [-0.1, -0.05) is 32.0 Å². The summed E-state index contributed by atoms with van der Waals surface area (Å²) in [4.78, 5) is 17.0. The summed E-state index contributed by atoms with van der Waals surface area (Å²) in [5.74, 6) is 0.411. The van der Waals surface area contributed by atoms with Crippen molar-refractivity contribution in [3.63, 3.8) is 0 Å². The molecule has 1 amide bonds. The SMILES string of the molecule is CCN(CC)S(=O)(=O)c1ccc(OC)c(NC(=O)Cc2coc(-c3ccccc3)n2)c1. The molecule has 31 heavy (non-hydrogen) atoms. The van der Waals surface area contributed by atoms with Crippen LogP contribution in [0, 0.1) is 0 Å². The number of hydrogen-bond donors (Lipinski definition) is 1. The number of benzene rings is 2. The molecule has 0 saturated carbocycles. The van der Waals surface area contributed by atoms with Gasteiger partial charge in [-0.3, -0.25) is 4.79 Å². The average Bonchev–Trinajstić information content (AvgIpc) is 3.23. The Kier molecular flexibility index (Phi) is 7.09. The van der Waals surface area contributed by atoms with Crippen molar-refractivity contribution in [2.75, 3.05) is 25.5 Å². The fraction of sp³-hybridized carbons (Fsp3) is 0.273. The Balaban J connectivity index is 1.79. The zero-order valence-corrected chi connectivity index (χ0v) is 18.5. The molecule has 2 aromatic carbocycles. The number of nitrogens with one attached hydrogen (secondary N) is 1. The molecule has 3 rings (SSSR count). The second-order valence-electron chi connectivity index (χ2n) is 6.69. The maximum atomic E-state index is 12.8. The van der Waals surface area contributed by atoms with Crippen molar-refractivity contribution in [2.45, 2.75) is 25.2 Å². The quantitative estimate of drug-likeness (QED) is 0.543. The van der Waals surface area contributed by atoms with Crippen LogP contribution >= 0.6 is 0 Å².